The van der Waals surface area contributed by atoms with Crippen LogP contribution >= 0.6 is 24.0 Å². The van der Waals surface area contributed by atoms with Crippen LogP contribution in [0.15, 0.2) is 58.4 Å². The maximum atomic E-state index is 13.5. The Morgan fingerprint density at radius 3 is 2.74 bits per heavy atom. The average molecular weight is 511 g/mol. The Morgan fingerprint density at radius 2 is 2.00 bits per heavy atom. The summed E-state index contributed by atoms with van der Waals surface area (Å²) in [5.41, 5.74) is 1.98. The van der Waals surface area contributed by atoms with Crippen LogP contribution in [0.3, 0.4) is 0 Å². The van der Waals surface area contributed by atoms with E-state index in [4.69, 9.17) is 17.0 Å². The highest BCUT2D eigenvalue weighted by atomic mass is 32.2. The number of carbonyl (C=O) groups excluding carboxylic acids is 1. The van der Waals surface area contributed by atoms with Gasteiger partial charge >= 0.3 is 0 Å². The van der Waals surface area contributed by atoms with Gasteiger partial charge in [0.05, 0.1) is 16.6 Å². The van der Waals surface area contributed by atoms with E-state index in [1.807, 2.05) is 43.3 Å². The van der Waals surface area contributed by atoms with Crippen molar-refractivity contribution in [3.63, 3.8) is 0 Å². The molecule has 1 atom stereocenters. The van der Waals surface area contributed by atoms with Gasteiger partial charge in [-0.2, -0.15) is 0 Å². The van der Waals surface area contributed by atoms with Gasteiger partial charge in [-0.3, -0.25) is 18.9 Å². The first-order chi connectivity index (χ1) is 16.9. The Bertz CT molecular complexity index is 1340. The molecule has 0 aliphatic carbocycles. The van der Waals surface area contributed by atoms with Crippen molar-refractivity contribution < 1.29 is 14.6 Å². The second-order valence-electron chi connectivity index (χ2n) is 8.05. The number of aliphatic hydroxyl groups excluding tert-OH is 1. The number of benzene rings is 1. The average Bonchev–Trinajstić information content (AvgIpc) is 3.13. The summed E-state index contributed by atoms with van der Waals surface area (Å²) >= 11 is 6.56. The first-order valence-electron chi connectivity index (χ1n) is 11.1. The number of hydrogen-bond donors (Lipinski definition) is 2. The molecule has 4 rings (SSSR count). The number of nitrogens with one attached hydrogen (secondary N) is 1. The lowest BCUT2D eigenvalue weighted by molar-refractivity contribution is -0.122. The SMILES string of the molecule is COCCCN1C(=O)C(=Cc2c(NCC(O)c3ccccc3)nc3c(C)cccn3c2=O)SC1=S. The lowest BCUT2D eigenvalue weighted by Gasteiger charge is -2.16. The number of hydrogen-bond acceptors (Lipinski definition) is 8. The lowest BCUT2D eigenvalue weighted by Crippen LogP contribution is -2.29. The van der Waals surface area contributed by atoms with Gasteiger partial charge < -0.3 is 15.2 Å². The smallest absolute Gasteiger partial charge is 0.267 e. The number of aromatic nitrogens is 2. The number of methoxy groups -OCH3 is 1. The highest BCUT2D eigenvalue weighted by molar-refractivity contribution is 8.26. The number of nitrogens with zero attached hydrogens (tertiary/aromatic N) is 3. The predicted molar refractivity (Wildman–Crippen MR) is 142 cm³/mol. The number of aryl methyl sites for hydroxylation is 1. The third-order valence-electron chi connectivity index (χ3n) is 5.61. The second-order valence-corrected chi connectivity index (χ2v) is 9.73. The molecule has 1 saturated heterocycles. The second kappa shape index (κ2) is 11.1. The number of carbonyl (C=O) groups is 1. The quantitative estimate of drug-likeness (QED) is 0.257. The number of fused-ring (bicyclic) bond motifs is 1. The molecule has 35 heavy (non-hydrogen) atoms. The Hall–Kier alpha value is -3.05. The van der Waals surface area contributed by atoms with Gasteiger partial charge in [0.15, 0.2) is 0 Å². The molecule has 0 saturated carbocycles. The van der Waals surface area contributed by atoms with Gasteiger partial charge in [0.25, 0.3) is 11.5 Å². The van der Waals surface area contributed by atoms with E-state index in [2.05, 4.69) is 10.3 Å². The molecule has 3 aromatic rings. The summed E-state index contributed by atoms with van der Waals surface area (Å²) in [5.74, 6) is 0.0454. The Morgan fingerprint density at radius 1 is 1.23 bits per heavy atom. The van der Waals surface area contributed by atoms with E-state index in [0.29, 0.717) is 40.3 Å². The molecular formula is C25H26N4O4S2. The lowest BCUT2D eigenvalue weighted by atomic mass is 10.1. The minimum absolute atomic E-state index is 0.136. The van der Waals surface area contributed by atoms with Crippen molar-refractivity contribution in [2.45, 2.75) is 19.4 Å². The zero-order chi connectivity index (χ0) is 24.9. The number of anilines is 1. The van der Waals surface area contributed by atoms with Crippen LogP contribution in [0.25, 0.3) is 11.7 Å². The summed E-state index contributed by atoms with van der Waals surface area (Å²) in [6, 6.07) is 12.9. The van der Waals surface area contributed by atoms with E-state index in [9.17, 15) is 14.7 Å². The summed E-state index contributed by atoms with van der Waals surface area (Å²) in [4.78, 5) is 33.1. The molecule has 1 aliphatic rings. The van der Waals surface area contributed by atoms with Gasteiger partial charge in [-0.25, -0.2) is 4.98 Å². The molecule has 0 spiro atoms. The van der Waals surface area contributed by atoms with Crippen LogP contribution in [0.4, 0.5) is 5.82 Å². The fourth-order valence-electron chi connectivity index (χ4n) is 3.75. The van der Waals surface area contributed by atoms with Crippen molar-refractivity contribution in [1.82, 2.24) is 14.3 Å². The molecule has 1 aromatic carbocycles. The molecule has 2 N–H and O–H groups in total. The predicted octanol–water partition coefficient (Wildman–Crippen LogP) is 3.39. The number of ether oxygens (including phenoxy) is 1. The molecule has 1 unspecified atom stereocenters. The van der Waals surface area contributed by atoms with Crippen LogP contribution in [0.5, 0.6) is 0 Å². The van der Waals surface area contributed by atoms with Crippen LogP contribution in [-0.2, 0) is 9.53 Å². The van der Waals surface area contributed by atoms with Crippen molar-refractivity contribution in [3.8, 4) is 0 Å². The summed E-state index contributed by atoms with van der Waals surface area (Å²) in [7, 11) is 1.61. The van der Waals surface area contributed by atoms with Gasteiger partial charge in [0.1, 0.15) is 15.8 Å². The minimum Gasteiger partial charge on any atom is -0.387 e. The molecule has 182 valence electrons. The summed E-state index contributed by atoms with van der Waals surface area (Å²) < 4.78 is 6.97. The first-order valence-corrected chi connectivity index (χ1v) is 12.4. The normalized spacial score (nSPS) is 15.9. The number of aliphatic hydroxyl groups is 1. The number of thiocarbonyl (C=S) groups is 1. The molecule has 3 heterocycles. The molecule has 8 nitrogen and oxygen atoms in total. The number of amides is 1. The van der Waals surface area contributed by atoms with E-state index in [1.54, 1.807) is 19.4 Å². The van der Waals surface area contributed by atoms with Gasteiger partial charge in [0.2, 0.25) is 0 Å². The zero-order valence-electron chi connectivity index (χ0n) is 19.4. The maximum absolute atomic E-state index is 13.5. The van der Waals surface area contributed by atoms with E-state index in [1.165, 1.54) is 15.4 Å². The molecule has 1 aliphatic heterocycles. The van der Waals surface area contributed by atoms with Crippen LogP contribution in [0.2, 0.25) is 0 Å². The van der Waals surface area contributed by atoms with Gasteiger partial charge in [-0.05, 0) is 36.6 Å². The fourth-order valence-corrected chi connectivity index (χ4v) is 5.04. The van der Waals surface area contributed by atoms with Gasteiger partial charge in [-0.1, -0.05) is 60.4 Å². The highest BCUT2D eigenvalue weighted by Gasteiger charge is 2.32. The number of pyridine rings is 1. The molecular weight excluding hydrogens is 484 g/mol. The van der Waals surface area contributed by atoms with Crippen molar-refractivity contribution in [3.05, 3.63) is 80.6 Å². The first kappa shape index (κ1) is 25.1. The summed E-state index contributed by atoms with van der Waals surface area (Å²) in [6.45, 7) is 2.97. The third kappa shape index (κ3) is 5.46. The maximum Gasteiger partial charge on any atom is 0.267 e. The Kier molecular flexibility index (Phi) is 7.97. The highest BCUT2D eigenvalue weighted by Crippen LogP contribution is 2.33. The van der Waals surface area contributed by atoms with Crippen molar-refractivity contribution in [1.29, 1.82) is 0 Å². The van der Waals surface area contributed by atoms with E-state index in [0.717, 1.165) is 22.9 Å². The van der Waals surface area contributed by atoms with Crippen LogP contribution < -0.4 is 10.9 Å². The standard InChI is InChI=1S/C25H26N4O4S2/c1-16-8-6-11-28-22(16)27-21(26-15-19(30)17-9-4-3-5-10-17)18(23(28)31)14-20-24(32)29(25(34)35-20)12-7-13-33-2/h3-6,8-11,14,19,26,30H,7,12-13,15H2,1-2H3. The minimum atomic E-state index is -0.805. The molecule has 2 aromatic heterocycles. The Labute approximate surface area is 212 Å². The third-order valence-corrected chi connectivity index (χ3v) is 6.99. The van der Waals surface area contributed by atoms with E-state index < -0.39 is 6.10 Å². The monoisotopic (exact) mass is 510 g/mol. The van der Waals surface area contributed by atoms with E-state index in [-0.39, 0.29) is 23.6 Å². The molecule has 0 radical (unpaired) electrons. The molecule has 10 heteroatoms. The van der Waals surface area contributed by atoms with Crippen molar-refractivity contribution in [2.75, 3.05) is 32.1 Å². The fraction of sp³-hybridized carbons (Fsp3) is 0.280. The van der Waals surface area contributed by atoms with Gasteiger partial charge in [-0.15, -0.1) is 0 Å². The van der Waals surface area contributed by atoms with E-state index >= 15 is 0 Å². The molecule has 1 fully saturated rings. The number of thioether (sulfide) groups is 1. The Balaban J connectivity index is 1.71. The van der Waals surface area contributed by atoms with Gasteiger partial charge in [0, 0.05) is 33.0 Å². The number of rotatable bonds is 9. The largest absolute Gasteiger partial charge is 0.387 e. The van der Waals surface area contributed by atoms with Crippen molar-refractivity contribution in [2.24, 2.45) is 0 Å². The molecule has 1 amide bonds. The summed E-state index contributed by atoms with van der Waals surface area (Å²) in [5, 5.41) is 13.7. The molecule has 0 bridgehead atoms. The van der Waals surface area contributed by atoms with Crippen LogP contribution in [0, 0.1) is 6.92 Å². The summed E-state index contributed by atoms with van der Waals surface area (Å²) in [6.07, 6.45) is 3.03. The topological polar surface area (TPSA) is 96.2 Å². The van der Waals surface area contributed by atoms with Crippen molar-refractivity contribution >= 4 is 51.7 Å². The zero-order valence-corrected chi connectivity index (χ0v) is 21.1. The van der Waals surface area contributed by atoms with Crippen LogP contribution in [-0.4, -0.2) is 56.4 Å². The van der Waals surface area contributed by atoms with Crippen LogP contribution in [0.1, 0.15) is 29.2 Å².